The average molecular weight is 257 g/mol. The number of carboxylic acids is 1. The van der Waals surface area contributed by atoms with Crippen molar-refractivity contribution in [3.8, 4) is 0 Å². The second kappa shape index (κ2) is 6.73. The molecule has 104 valence electrons. The fourth-order valence-electron chi connectivity index (χ4n) is 2.66. The van der Waals surface area contributed by atoms with Gasteiger partial charge in [0.2, 0.25) is 5.91 Å². The maximum atomic E-state index is 10.9. The quantitative estimate of drug-likeness (QED) is 0.781. The van der Waals surface area contributed by atoms with Crippen LogP contribution in [0.25, 0.3) is 0 Å². The summed E-state index contributed by atoms with van der Waals surface area (Å²) in [5.74, 6) is -0.177. The summed E-state index contributed by atoms with van der Waals surface area (Å²) in [5.41, 5.74) is 0. The number of carboxylic acid groups (broad SMARTS) is 1. The first kappa shape index (κ1) is 15.0. The molecule has 18 heavy (non-hydrogen) atoms. The number of nitrogens with one attached hydrogen (secondary N) is 1. The van der Waals surface area contributed by atoms with Gasteiger partial charge >= 0.3 is 5.97 Å². The number of amides is 1. The Morgan fingerprint density at radius 2 is 1.83 bits per heavy atom. The average Bonchev–Trinajstić information content (AvgIpc) is 2.21. The minimum Gasteiger partial charge on any atom is -0.480 e. The molecular formula is C13H23NO4. The SMILES string of the molecule is CC(=O)NC(COC1CC(C)CC(C)C1)C(=O)O. The van der Waals surface area contributed by atoms with Crippen molar-refractivity contribution in [2.24, 2.45) is 11.8 Å². The maximum absolute atomic E-state index is 10.9. The highest BCUT2D eigenvalue weighted by molar-refractivity contribution is 5.82. The molecule has 0 heterocycles. The van der Waals surface area contributed by atoms with Crippen molar-refractivity contribution in [3.05, 3.63) is 0 Å². The van der Waals surface area contributed by atoms with Crippen LogP contribution in [-0.2, 0) is 14.3 Å². The molecule has 2 N–H and O–H groups in total. The highest BCUT2D eigenvalue weighted by atomic mass is 16.5. The van der Waals surface area contributed by atoms with E-state index < -0.39 is 12.0 Å². The van der Waals surface area contributed by atoms with Crippen LogP contribution in [-0.4, -0.2) is 35.7 Å². The monoisotopic (exact) mass is 257 g/mol. The number of rotatable bonds is 5. The minimum atomic E-state index is -1.05. The molecule has 0 aromatic heterocycles. The van der Waals surface area contributed by atoms with Crippen LogP contribution in [0.4, 0.5) is 0 Å². The molecule has 3 unspecified atom stereocenters. The van der Waals surface area contributed by atoms with E-state index >= 15 is 0 Å². The molecule has 1 rings (SSSR count). The van der Waals surface area contributed by atoms with Gasteiger partial charge < -0.3 is 15.2 Å². The molecule has 1 amide bonds. The van der Waals surface area contributed by atoms with E-state index in [0.717, 1.165) is 12.8 Å². The molecule has 0 aliphatic heterocycles. The number of ether oxygens (including phenoxy) is 1. The first-order chi connectivity index (χ1) is 8.38. The van der Waals surface area contributed by atoms with Gasteiger partial charge in [-0.05, 0) is 31.1 Å². The summed E-state index contributed by atoms with van der Waals surface area (Å²) < 4.78 is 5.65. The fraction of sp³-hybridized carbons (Fsp3) is 0.846. The van der Waals surface area contributed by atoms with Crippen molar-refractivity contribution >= 4 is 11.9 Å². The smallest absolute Gasteiger partial charge is 0.328 e. The summed E-state index contributed by atoms with van der Waals surface area (Å²) in [6.07, 6.45) is 3.25. The predicted octanol–water partition coefficient (Wildman–Crippen LogP) is 1.42. The predicted molar refractivity (Wildman–Crippen MR) is 67.2 cm³/mol. The molecule has 0 spiro atoms. The standard InChI is InChI=1S/C13H23NO4/c1-8-4-9(2)6-11(5-8)18-7-12(13(16)17)14-10(3)15/h8-9,11-12H,4-7H2,1-3H3,(H,14,15)(H,16,17). The van der Waals surface area contributed by atoms with E-state index in [1.807, 2.05) is 0 Å². The van der Waals surface area contributed by atoms with Crippen molar-refractivity contribution in [3.63, 3.8) is 0 Å². The summed E-state index contributed by atoms with van der Waals surface area (Å²) in [5, 5.41) is 11.3. The Morgan fingerprint density at radius 1 is 1.28 bits per heavy atom. The number of aliphatic carboxylic acids is 1. The van der Waals surface area contributed by atoms with Gasteiger partial charge in [0.25, 0.3) is 0 Å². The lowest BCUT2D eigenvalue weighted by molar-refractivity contribution is -0.144. The Bertz CT molecular complexity index is 295. The van der Waals surface area contributed by atoms with E-state index in [9.17, 15) is 9.59 Å². The molecule has 0 aromatic rings. The Hall–Kier alpha value is -1.10. The van der Waals surface area contributed by atoms with Crippen molar-refractivity contribution in [2.75, 3.05) is 6.61 Å². The minimum absolute atomic E-state index is 0.0407. The van der Waals surface area contributed by atoms with Crippen molar-refractivity contribution < 1.29 is 19.4 Å². The van der Waals surface area contributed by atoms with Gasteiger partial charge in [0.05, 0.1) is 12.7 Å². The largest absolute Gasteiger partial charge is 0.480 e. The number of hydrogen-bond donors (Lipinski definition) is 2. The molecule has 0 aromatic carbocycles. The van der Waals surface area contributed by atoms with Gasteiger partial charge in [0, 0.05) is 6.92 Å². The number of hydrogen-bond acceptors (Lipinski definition) is 3. The van der Waals surface area contributed by atoms with E-state index in [-0.39, 0.29) is 18.6 Å². The van der Waals surface area contributed by atoms with Crippen LogP contribution in [0.5, 0.6) is 0 Å². The molecule has 1 fully saturated rings. The maximum Gasteiger partial charge on any atom is 0.328 e. The molecule has 5 heteroatoms. The Balaban J connectivity index is 2.41. The fourth-order valence-corrected chi connectivity index (χ4v) is 2.66. The van der Waals surface area contributed by atoms with Crippen LogP contribution in [0.1, 0.15) is 40.0 Å². The van der Waals surface area contributed by atoms with Crippen LogP contribution in [0, 0.1) is 11.8 Å². The third-order valence-corrected chi connectivity index (χ3v) is 3.31. The molecule has 0 radical (unpaired) electrons. The normalized spacial score (nSPS) is 29.6. The van der Waals surface area contributed by atoms with E-state index in [1.54, 1.807) is 0 Å². The molecule has 5 nitrogen and oxygen atoms in total. The summed E-state index contributed by atoms with van der Waals surface area (Å²) in [7, 11) is 0. The van der Waals surface area contributed by atoms with Gasteiger partial charge in [-0.1, -0.05) is 13.8 Å². The molecule has 1 saturated carbocycles. The highest BCUT2D eigenvalue weighted by Crippen LogP contribution is 2.30. The molecule has 3 atom stereocenters. The summed E-state index contributed by atoms with van der Waals surface area (Å²) in [4.78, 5) is 21.8. The van der Waals surface area contributed by atoms with Gasteiger partial charge in [0.1, 0.15) is 0 Å². The van der Waals surface area contributed by atoms with Crippen LogP contribution in [0.3, 0.4) is 0 Å². The Kier molecular flexibility index (Phi) is 5.59. The van der Waals surface area contributed by atoms with Gasteiger partial charge in [-0.2, -0.15) is 0 Å². The van der Waals surface area contributed by atoms with Gasteiger partial charge in [0.15, 0.2) is 6.04 Å². The zero-order valence-electron chi connectivity index (χ0n) is 11.3. The topological polar surface area (TPSA) is 75.6 Å². The van der Waals surface area contributed by atoms with Gasteiger partial charge in [-0.3, -0.25) is 4.79 Å². The van der Waals surface area contributed by atoms with Crippen molar-refractivity contribution in [2.45, 2.75) is 52.2 Å². The van der Waals surface area contributed by atoms with Gasteiger partial charge in [-0.25, -0.2) is 4.79 Å². The Morgan fingerprint density at radius 3 is 2.28 bits per heavy atom. The van der Waals surface area contributed by atoms with Gasteiger partial charge in [-0.15, -0.1) is 0 Å². The number of carbonyl (C=O) groups excluding carboxylic acids is 1. The molecule has 1 aliphatic rings. The second-order valence-electron chi connectivity index (χ2n) is 5.46. The lowest BCUT2D eigenvalue weighted by Gasteiger charge is -2.32. The lowest BCUT2D eigenvalue weighted by Crippen LogP contribution is -2.44. The molecule has 0 saturated heterocycles. The van der Waals surface area contributed by atoms with E-state index in [1.165, 1.54) is 13.3 Å². The summed E-state index contributed by atoms with van der Waals surface area (Å²) >= 11 is 0. The molecular weight excluding hydrogens is 234 g/mol. The third-order valence-electron chi connectivity index (χ3n) is 3.31. The Labute approximate surface area is 108 Å². The van der Waals surface area contributed by atoms with Crippen LogP contribution in [0.2, 0.25) is 0 Å². The first-order valence-electron chi connectivity index (χ1n) is 6.50. The summed E-state index contributed by atoms with van der Waals surface area (Å²) in [6, 6.07) is -0.949. The third kappa shape index (κ3) is 5.04. The van der Waals surface area contributed by atoms with E-state index in [2.05, 4.69) is 19.2 Å². The lowest BCUT2D eigenvalue weighted by atomic mass is 9.82. The van der Waals surface area contributed by atoms with Crippen LogP contribution in [0.15, 0.2) is 0 Å². The molecule has 0 bridgehead atoms. The number of carbonyl (C=O) groups is 2. The van der Waals surface area contributed by atoms with E-state index in [0.29, 0.717) is 11.8 Å². The first-order valence-corrected chi connectivity index (χ1v) is 6.50. The molecule has 1 aliphatic carbocycles. The van der Waals surface area contributed by atoms with E-state index in [4.69, 9.17) is 9.84 Å². The summed E-state index contributed by atoms with van der Waals surface area (Å²) in [6.45, 7) is 5.72. The highest BCUT2D eigenvalue weighted by Gasteiger charge is 2.26. The zero-order valence-corrected chi connectivity index (χ0v) is 11.3. The van der Waals surface area contributed by atoms with Crippen molar-refractivity contribution in [1.29, 1.82) is 0 Å². The second-order valence-corrected chi connectivity index (χ2v) is 5.46. The van der Waals surface area contributed by atoms with Crippen LogP contribution < -0.4 is 5.32 Å². The van der Waals surface area contributed by atoms with Crippen molar-refractivity contribution in [1.82, 2.24) is 5.32 Å². The van der Waals surface area contributed by atoms with Crippen LogP contribution >= 0.6 is 0 Å². The zero-order chi connectivity index (χ0) is 13.7.